The largest absolute Gasteiger partial charge is 0.295 e. The third-order valence-corrected chi connectivity index (χ3v) is 3.02. The van der Waals surface area contributed by atoms with Gasteiger partial charge in [-0.3, -0.25) is 9.36 Å². The lowest BCUT2D eigenvalue weighted by Gasteiger charge is -2.08. The number of aryl methyl sites for hydroxylation is 1. The van der Waals surface area contributed by atoms with Crippen LogP contribution in [0.3, 0.4) is 0 Å². The minimum Gasteiger partial charge on any atom is -0.295 e. The Hall–Kier alpha value is -0.870. The molecule has 5 heteroatoms. The molecule has 2 rings (SSSR count). The van der Waals surface area contributed by atoms with Crippen LogP contribution in [0.15, 0.2) is 23.0 Å². The zero-order valence-electron chi connectivity index (χ0n) is 8.00. The third-order valence-electron chi connectivity index (χ3n) is 2.21. The Labute approximate surface area is 99.8 Å². The van der Waals surface area contributed by atoms with Gasteiger partial charge in [0.05, 0.1) is 16.0 Å². The summed E-state index contributed by atoms with van der Waals surface area (Å²) in [5, 5.41) is 0.560. The summed E-state index contributed by atoms with van der Waals surface area (Å²) in [6.45, 7) is 1.68. The van der Waals surface area contributed by atoms with Crippen LogP contribution in [0.4, 0.5) is 0 Å². The highest BCUT2D eigenvalue weighted by atomic mass is 79.9. The predicted octanol–water partition coefficient (Wildman–Crippen LogP) is 2.71. The molecular formula is C10H8BrClN2O. The fourth-order valence-corrected chi connectivity index (χ4v) is 2.18. The fraction of sp³-hybridized carbons (Fsp3) is 0.200. The Morgan fingerprint density at radius 3 is 2.93 bits per heavy atom. The number of hydrogen-bond donors (Lipinski definition) is 0. The average Bonchev–Trinajstić information content (AvgIpc) is 2.22. The Morgan fingerprint density at radius 2 is 2.27 bits per heavy atom. The summed E-state index contributed by atoms with van der Waals surface area (Å²) in [5.74, 6) is 0. The van der Waals surface area contributed by atoms with Gasteiger partial charge in [0.1, 0.15) is 11.2 Å². The summed E-state index contributed by atoms with van der Waals surface area (Å²) < 4.78 is 1.60. The van der Waals surface area contributed by atoms with Gasteiger partial charge in [-0.1, -0.05) is 33.6 Å². The first-order chi connectivity index (χ1) is 7.15. The summed E-state index contributed by atoms with van der Waals surface area (Å²) in [6.07, 6.45) is 0. The Bertz CT molecular complexity index is 579. The molecule has 0 N–H and O–H groups in total. The number of fused-ring (bicyclic) bond motifs is 1. The van der Waals surface area contributed by atoms with Crippen LogP contribution in [0, 0.1) is 6.92 Å². The molecule has 3 nitrogen and oxygen atoms in total. The molecule has 1 aromatic carbocycles. The van der Waals surface area contributed by atoms with Gasteiger partial charge in [0.2, 0.25) is 0 Å². The Morgan fingerprint density at radius 1 is 1.53 bits per heavy atom. The molecular weight excluding hydrogens is 279 g/mol. The first kappa shape index (κ1) is 10.6. The molecule has 0 unspecified atom stereocenters. The second-order valence-electron chi connectivity index (χ2n) is 3.16. The molecule has 0 radical (unpaired) electrons. The van der Waals surface area contributed by atoms with Gasteiger partial charge in [-0.2, -0.15) is 0 Å². The number of alkyl halides is 1. The molecule has 1 heterocycles. The van der Waals surface area contributed by atoms with E-state index >= 15 is 0 Å². The van der Waals surface area contributed by atoms with Gasteiger partial charge in [0, 0.05) is 0 Å². The van der Waals surface area contributed by atoms with Crippen LogP contribution in [0.5, 0.6) is 0 Å². The fourth-order valence-electron chi connectivity index (χ4n) is 1.47. The summed E-state index contributed by atoms with van der Waals surface area (Å²) in [5.41, 5.74) is 2.20. The van der Waals surface area contributed by atoms with E-state index in [9.17, 15) is 4.79 Å². The van der Waals surface area contributed by atoms with Crippen molar-refractivity contribution in [3.8, 4) is 0 Å². The van der Waals surface area contributed by atoms with Gasteiger partial charge in [0.15, 0.2) is 0 Å². The van der Waals surface area contributed by atoms with E-state index in [-0.39, 0.29) is 5.56 Å². The van der Waals surface area contributed by atoms with Crippen LogP contribution < -0.4 is 5.56 Å². The normalized spacial score (nSPS) is 10.9. The molecule has 0 aliphatic rings. The number of halogens is 2. The van der Waals surface area contributed by atoms with Crippen LogP contribution in [0.2, 0.25) is 5.02 Å². The standard InChI is InChI=1S/C10H8BrClN2O/c1-6-10(15)14(5-11)8-4-2-3-7(12)9(8)13-6/h2-4H,5H2,1H3. The maximum absolute atomic E-state index is 11.8. The van der Waals surface area contributed by atoms with Gasteiger partial charge < -0.3 is 0 Å². The molecule has 0 spiro atoms. The molecule has 15 heavy (non-hydrogen) atoms. The van der Waals surface area contributed by atoms with E-state index in [4.69, 9.17) is 11.6 Å². The first-order valence-corrected chi connectivity index (χ1v) is 5.86. The van der Waals surface area contributed by atoms with Crippen molar-refractivity contribution in [3.05, 3.63) is 39.3 Å². The van der Waals surface area contributed by atoms with Crippen LogP contribution in [0.1, 0.15) is 5.69 Å². The zero-order valence-corrected chi connectivity index (χ0v) is 10.3. The van der Waals surface area contributed by atoms with Crippen molar-refractivity contribution in [2.24, 2.45) is 0 Å². The minimum absolute atomic E-state index is 0.0957. The van der Waals surface area contributed by atoms with Crippen molar-refractivity contribution in [3.63, 3.8) is 0 Å². The SMILES string of the molecule is Cc1nc2c(Cl)cccc2n(CBr)c1=O. The van der Waals surface area contributed by atoms with E-state index < -0.39 is 0 Å². The molecule has 0 amide bonds. The quantitative estimate of drug-likeness (QED) is 0.756. The number of benzene rings is 1. The van der Waals surface area contributed by atoms with Crippen molar-refractivity contribution < 1.29 is 0 Å². The number of rotatable bonds is 1. The molecule has 0 bridgehead atoms. The van der Waals surface area contributed by atoms with Gasteiger partial charge in [-0.25, -0.2) is 4.98 Å². The van der Waals surface area contributed by atoms with Gasteiger partial charge in [0.25, 0.3) is 5.56 Å². The highest BCUT2D eigenvalue weighted by Crippen LogP contribution is 2.20. The third kappa shape index (κ3) is 1.68. The average molecular weight is 288 g/mol. The molecule has 1 aromatic heterocycles. The van der Waals surface area contributed by atoms with E-state index in [1.807, 2.05) is 6.07 Å². The van der Waals surface area contributed by atoms with Crippen molar-refractivity contribution >= 4 is 38.6 Å². The molecule has 0 saturated carbocycles. The van der Waals surface area contributed by atoms with Gasteiger partial charge in [-0.15, -0.1) is 0 Å². The van der Waals surface area contributed by atoms with E-state index in [2.05, 4.69) is 20.9 Å². The van der Waals surface area contributed by atoms with Gasteiger partial charge in [-0.05, 0) is 19.1 Å². The van der Waals surface area contributed by atoms with Crippen LogP contribution >= 0.6 is 27.5 Å². The minimum atomic E-state index is -0.0957. The Balaban J connectivity index is 3.01. The monoisotopic (exact) mass is 286 g/mol. The lowest BCUT2D eigenvalue weighted by molar-refractivity contribution is 0.862. The predicted molar refractivity (Wildman–Crippen MR) is 64.7 cm³/mol. The van der Waals surface area contributed by atoms with Crippen molar-refractivity contribution in [1.29, 1.82) is 0 Å². The molecule has 0 atom stereocenters. The van der Waals surface area contributed by atoms with E-state index in [0.29, 0.717) is 21.7 Å². The van der Waals surface area contributed by atoms with Crippen molar-refractivity contribution in [2.75, 3.05) is 0 Å². The lowest BCUT2D eigenvalue weighted by atomic mass is 10.3. The molecule has 2 aromatic rings. The van der Waals surface area contributed by atoms with E-state index in [1.54, 1.807) is 23.6 Å². The topological polar surface area (TPSA) is 34.9 Å². The van der Waals surface area contributed by atoms with Gasteiger partial charge >= 0.3 is 0 Å². The summed E-state index contributed by atoms with van der Waals surface area (Å²) in [7, 11) is 0. The number of hydrogen-bond acceptors (Lipinski definition) is 2. The van der Waals surface area contributed by atoms with Crippen molar-refractivity contribution in [1.82, 2.24) is 9.55 Å². The van der Waals surface area contributed by atoms with Crippen LogP contribution in [-0.4, -0.2) is 9.55 Å². The highest BCUT2D eigenvalue weighted by molar-refractivity contribution is 9.08. The zero-order chi connectivity index (χ0) is 11.0. The molecule has 78 valence electrons. The summed E-state index contributed by atoms with van der Waals surface area (Å²) in [4.78, 5) is 15.9. The molecule has 0 saturated heterocycles. The number of aromatic nitrogens is 2. The maximum Gasteiger partial charge on any atom is 0.273 e. The summed E-state index contributed by atoms with van der Waals surface area (Å²) >= 11 is 9.30. The second-order valence-corrected chi connectivity index (χ2v) is 4.07. The van der Waals surface area contributed by atoms with E-state index in [1.165, 1.54) is 0 Å². The van der Waals surface area contributed by atoms with Crippen LogP contribution in [-0.2, 0) is 5.45 Å². The second kappa shape index (κ2) is 3.94. The molecule has 0 aliphatic carbocycles. The first-order valence-electron chi connectivity index (χ1n) is 4.37. The van der Waals surface area contributed by atoms with Crippen molar-refractivity contribution in [2.45, 2.75) is 12.4 Å². The maximum atomic E-state index is 11.8. The number of para-hydroxylation sites is 1. The van der Waals surface area contributed by atoms with Crippen LogP contribution in [0.25, 0.3) is 11.0 Å². The Kier molecular flexibility index (Phi) is 2.80. The molecule has 0 aliphatic heterocycles. The molecule has 0 fully saturated rings. The number of nitrogens with zero attached hydrogens (tertiary/aromatic N) is 2. The highest BCUT2D eigenvalue weighted by Gasteiger charge is 2.08. The van der Waals surface area contributed by atoms with E-state index in [0.717, 1.165) is 5.52 Å². The lowest BCUT2D eigenvalue weighted by Crippen LogP contribution is -2.22. The summed E-state index contributed by atoms with van der Waals surface area (Å²) in [6, 6.07) is 5.40. The smallest absolute Gasteiger partial charge is 0.273 e.